The highest BCUT2D eigenvalue weighted by Crippen LogP contribution is 2.23. The Labute approximate surface area is 87.2 Å². The fourth-order valence-corrected chi connectivity index (χ4v) is 1.38. The maximum atomic E-state index is 5.80. The number of nitrogens with zero attached hydrogens (tertiary/aromatic N) is 4. The van der Waals surface area contributed by atoms with Crippen LogP contribution in [0, 0.1) is 5.41 Å². The van der Waals surface area contributed by atoms with Crippen molar-refractivity contribution in [2.75, 3.05) is 11.8 Å². The Morgan fingerprint density at radius 3 is 2.38 bits per heavy atom. The topological polar surface area (TPSA) is 43.6 Å². The standard InChI is InChI=1S/C7H12Cl2N4/c1-7(4-8,5-9)3-6-10-12-13(2)11-6/h3-5H2,1-2H3. The lowest BCUT2D eigenvalue weighted by molar-refractivity contribution is 0.413. The molecule has 0 N–H and O–H groups in total. The number of halogens is 2. The minimum absolute atomic E-state index is 0.147. The number of hydrogen-bond acceptors (Lipinski definition) is 3. The lowest BCUT2D eigenvalue weighted by Crippen LogP contribution is -2.24. The largest absolute Gasteiger partial charge is 0.175 e. The summed E-state index contributed by atoms with van der Waals surface area (Å²) in [5.74, 6) is 1.68. The molecule has 0 atom stereocenters. The maximum absolute atomic E-state index is 5.80. The fraction of sp³-hybridized carbons (Fsp3) is 0.857. The summed E-state index contributed by atoms with van der Waals surface area (Å²) in [6.45, 7) is 2.00. The molecule has 6 heteroatoms. The van der Waals surface area contributed by atoms with E-state index in [-0.39, 0.29) is 5.41 Å². The van der Waals surface area contributed by atoms with Gasteiger partial charge in [0.25, 0.3) is 0 Å². The van der Waals surface area contributed by atoms with Crippen LogP contribution in [0.4, 0.5) is 0 Å². The van der Waals surface area contributed by atoms with Crippen LogP contribution >= 0.6 is 23.2 Å². The van der Waals surface area contributed by atoms with Gasteiger partial charge in [-0.1, -0.05) is 6.92 Å². The number of aryl methyl sites for hydroxylation is 1. The fourth-order valence-electron chi connectivity index (χ4n) is 0.906. The summed E-state index contributed by atoms with van der Waals surface area (Å²) in [6, 6.07) is 0. The van der Waals surface area contributed by atoms with Crippen molar-refractivity contribution >= 4 is 23.2 Å². The van der Waals surface area contributed by atoms with E-state index in [2.05, 4.69) is 15.4 Å². The Morgan fingerprint density at radius 2 is 2.00 bits per heavy atom. The molecule has 0 aliphatic carbocycles. The van der Waals surface area contributed by atoms with E-state index in [1.807, 2.05) is 6.92 Å². The second-order valence-corrected chi connectivity index (χ2v) is 3.98. The first-order chi connectivity index (χ1) is 6.09. The highest BCUT2D eigenvalue weighted by molar-refractivity contribution is 6.21. The molecule has 0 unspecified atom stereocenters. The molecule has 0 aliphatic heterocycles. The molecule has 0 radical (unpaired) electrons. The van der Waals surface area contributed by atoms with Gasteiger partial charge in [-0.3, -0.25) is 0 Å². The van der Waals surface area contributed by atoms with Crippen LogP contribution in [0.15, 0.2) is 0 Å². The zero-order chi connectivity index (χ0) is 9.90. The van der Waals surface area contributed by atoms with E-state index in [4.69, 9.17) is 23.2 Å². The third kappa shape index (κ3) is 2.81. The summed E-state index contributed by atoms with van der Waals surface area (Å²) in [5, 5.41) is 11.7. The van der Waals surface area contributed by atoms with Gasteiger partial charge in [0.15, 0.2) is 5.82 Å². The first kappa shape index (κ1) is 10.7. The molecule has 0 aliphatic rings. The Balaban J connectivity index is 2.67. The highest BCUT2D eigenvalue weighted by atomic mass is 35.5. The molecule has 1 aromatic heterocycles. The van der Waals surface area contributed by atoms with Crippen LogP contribution in [0.1, 0.15) is 12.7 Å². The van der Waals surface area contributed by atoms with Crippen LogP contribution in [0.2, 0.25) is 0 Å². The molecule has 0 saturated carbocycles. The highest BCUT2D eigenvalue weighted by Gasteiger charge is 2.24. The molecule has 0 amide bonds. The van der Waals surface area contributed by atoms with Gasteiger partial charge in [0, 0.05) is 23.6 Å². The van der Waals surface area contributed by atoms with E-state index < -0.39 is 0 Å². The second-order valence-electron chi connectivity index (χ2n) is 3.45. The third-order valence-electron chi connectivity index (χ3n) is 1.78. The Hall–Kier alpha value is -0.350. The van der Waals surface area contributed by atoms with Crippen molar-refractivity contribution in [3.8, 4) is 0 Å². The van der Waals surface area contributed by atoms with Gasteiger partial charge in [0.1, 0.15) is 0 Å². The van der Waals surface area contributed by atoms with E-state index in [1.54, 1.807) is 7.05 Å². The smallest absolute Gasteiger partial charge is 0.167 e. The van der Waals surface area contributed by atoms with E-state index >= 15 is 0 Å². The van der Waals surface area contributed by atoms with Crippen molar-refractivity contribution in [2.45, 2.75) is 13.3 Å². The predicted molar refractivity (Wildman–Crippen MR) is 52.0 cm³/mol. The van der Waals surface area contributed by atoms with Gasteiger partial charge >= 0.3 is 0 Å². The molecule has 1 heterocycles. The molecule has 0 spiro atoms. The van der Waals surface area contributed by atoms with Gasteiger partial charge in [-0.25, -0.2) is 0 Å². The van der Waals surface area contributed by atoms with Gasteiger partial charge in [-0.15, -0.1) is 33.4 Å². The quantitative estimate of drug-likeness (QED) is 0.721. The molecule has 0 saturated heterocycles. The molecule has 13 heavy (non-hydrogen) atoms. The van der Waals surface area contributed by atoms with Gasteiger partial charge in [0.05, 0.1) is 7.05 Å². The normalized spacial score (nSPS) is 12.0. The molecule has 0 aromatic carbocycles. The van der Waals surface area contributed by atoms with Crippen molar-refractivity contribution in [2.24, 2.45) is 12.5 Å². The van der Waals surface area contributed by atoms with Crippen molar-refractivity contribution < 1.29 is 0 Å². The van der Waals surface area contributed by atoms with Gasteiger partial charge in [0.2, 0.25) is 0 Å². The average molecular weight is 223 g/mol. The Morgan fingerprint density at radius 1 is 1.38 bits per heavy atom. The van der Waals surface area contributed by atoms with Gasteiger partial charge in [-0.2, -0.15) is 4.80 Å². The minimum Gasteiger partial charge on any atom is -0.167 e. The van der Waals surface area contributed by atoms with Crippen molar-refractivity contribution in [3.05, 3.63) is 5.82 Å². The number of hydrogen-bond donors (Lipinski definition) is 0. The maximum Gasteiger partial charge on any atom is 0.175 e. The first-order valence-electron chi connectivity index (χ1n) is 3.94. The molecule has 1 aromatic rings. The molecular formula is C7H12Cl2N4. The van der Waals surface area contributed by atoms with E-state index in [0.717, 1.165) is 0 Å². The summed E-state index contributed by atoms with van der Waals surface area (Å²) in [4.78, 5) is 1.43. The van der Waals surface area contributed by atoms with Crippen molar-refractivity contribution in [3.63, 3.8) is 0 Å². The summed E-state index contributed by atoms with van der Waals surface area (Å²) in [7, 11) is 1.73. The predicted octanol–water partition coefficient (Wildman–Crippen LogP) is 1.24. The number of rotatable bonds is 4. The van der Waals surface area contributed by atoms with E-state index in [9.17, 15) is 0 Å². The zero-order valence-electron chi connectivity index (χ0n) is 7.67. The van der Waals surface area contributed by atoms with Crippen LogP contribution < -0.4 is 0 Å². The molecule has 74 valence electrons. The van der Waals surface area contributed by atoms with E-state index in [0.29, 0.717) is 24.0 Å². The van der Waals surface area contributed by atoms with Gasteiger partial charge < -0.3 is 0 Å². The molecular weight excluding hydrogens is 211 g/mol. The zero-order valence-corrected chi connectivity index (χ0v) is 9.18. The third-order valence-corrected chi connectivity index (χ3v) is 3.07. The van der Waals surface area contributed by atoms with Crippen LogP contribution in [0.25, 0.3) is 0 Å². The number of alkyl halides is 2. The lowest BCUT2D eigenvalue weighted by Gasteiger charge is -2.21. The molecule has 1 rings (SSSR count). The van der Waals surface area contributed by atoms with Crippen LogP contribution in [-0.2, 0) is 13.5 Å². The summed E-state index contributed by atoms with van der Waals surface area (Å²) in [5.41, 5.74) is -0.147. The van der Waals surface area contributed by atoms with E-state index in [1.165, 1.54) is 4.80 Å². The van der Waals surface area contributed by atoms with Gasteiger partial charge in [-0.05, 0) is 5.21 Å². The summed E-state index contributed by atoms with van der Waals surface area (Å²) < 4.78 is 0. The minimum atomic E-state index is -0.147. The number of tetrazole rings is 1. The SMILES string of the molecule is Cn1nnc(CC(C)(CCl)CCl)n1. The number of aromatic nitrogens is 4. The second kappa shape index (κ2) is 4.24. The van der Waals surface area contributed by atoms with Crippen LogP contribution in [0.3, 0.4) is 0 Å². The first-order valence-corrected chi connectivity index (χ1v) is 5.01. The van der Waals surface area contributed by atoms with Crippen molar-refractivity contribution in [1.29, 1.82) is 0 Å². The molecule has 4 nitrogen and oxygen atoms in total. The summed E-state index contributed by atoms with van der Waals surface area (Å²) in [6.07, 6.45) is 0.661. The summed E-state index contributed by atoms with van der Waals surface area (Å²) >= 11 is 11.6. The van der Waals surface area contributed by atoms with Crippen molar-refractivity contribution in [1.82, 2.24) is 20.2 Å². The Bertz CT molecular complexity index is 269. The average Bonchev–Trinajstić information content (AvgIpc) is 2.51. The van der Waals surface area contributed by atoms with Crippen LogP contribution in [0.5, 0.6) is 0 Å². The molecule has 0 fully saturated rings. The Kier molecular flexibility index (Phi) is 3.50. The monoisotopic (exact) mass is 222 g/mol. The molecule has 0 bridgehead atoms. The lowest BCUT2D eigenvalue weighted by atomic mass is 9.91. The van der Waals surface area contributed by atoms with Crippen LogP contribution in [-0.4, -0.2) is 32.0 Å².